The molecule has 0 spiro atoms. The Balaban J connectivity index is 2.23. The van der Waals surface area contributed by atoms with Gasteiger partial charge in [-0.15, -0.1) is 0 Å². The smallest absolute Gasteiger partial charge is 0.131 e. The van der Waals surface area contributed by atoms with E-state index in [9.17, 15) is 0 Å². The molecule has 2 atom stereocenters. The van der Waals surface area contributed by atoms with Crippen LogP contribution in [0.1, 0.15) is 32.3 Å². The first-order chi connectivity index (χ1) is 8.26. The van der Waals surface area contributed by atoms with Gasteiger partial charge in [0.1, 0.15) is 5.82 Å². The van der Waals surface area contributed by atoms with Gasteiger partial charge in [-0.25, -0.2) is 4.98 Å². The van der Waals surface area contributed by atoms with Crippen LogP contribution in [0, 0.1) is 6.92 Å². The van der Waals surface area contributed by atoms with Crippen LogP contribution in [0.25, 0.3) is 0 Å². The zero-order chi connectivity index (χ0) is 12.3. The van der Waals surface area contributed by atoms with Crippen LogP contribution in [0.4, 0.5) is 5.82 Å². The molecule has 3 nitrogen and oxygen atoms in total. The highest BCUT2D eigenvalue weighted by molar-refractivity contribution is 5.47. The van der Waals surface area contributed by atoms with Gasteiger partial charge in [0.2, 0.25) is 0 Å². The van der Waals surface area contributed by atoms with Gasteiger partial charge >= 0.3 is 0 Å². The van der Waals surface area contributed by atoms with Crippen LogP contribution >= 0.6 is 0 Å². The first-order valence-corrected chi connectivity index (χ1v) is 6.67. The van der Waals surface area contributed by atoms with E-state index >= 15 is 0 Å². The lowest BCUT2D eigenvalue weighted by Crippen LogP contribution is -2.56. The maximum Gasteiger partial charge on any atom is 0.131 e. The normalized spacial score (nSPS) is 25.0. The number of rotatable bonds is 3. The minimum absolute atomic E-state index is 0.575. The number of pyridine rings is 1. The molecule has 94 valence electrons. The summed E-state index contributed by atoms with van der Waals surface area (Å²) in [6.45, 7) is 8.80. The summed E-state index contributed by atoms with van der Waals surface area (Å²) in [5, 5.41) is 3.62. The molecule has 3 heteroatoms. The predicted molar refractivity (Wildman–Crippen MR) is 72.5 cm³/mol. The van der Waals surface area contributed by atoms with Gasteiger partial charge in [0.25, 0.3) is 0 Å². The van der Waals surface area contributed by atoms with Gasteiger partial charge in [-0.1, -0.05) is 19.9 Å². The lowest BCUT2D eigenvalue weighted by molar-refractivity contribution is 0.376. The summed E-state index contributed by atoms with van der Waals surface area (Å²) in [4.78, 5) is 7.05. The van der Waals surface area contributed by atoms with Gasteiger partial charge < -0.3 is 10.2 Å². The molecule has 2 rings (SSSR count). The van der Waals surface area contributed by atoms with Crippen molar-refractivity contribution in [3.05, 3.63) is 23.9 Å². The van der Waals surface area contributed by atoms with Crippen LogP contribution < -0.4 is 10.2 Å². The van der Waals surface area contributed by atoms with Crippen molar-refractivity contribution in [1.29, 1.82) is 0 Å². The number of anilines is 1. The highest BCUT2D eigenvalue weighted by Gasteiger charge is 2.27. The Morgan fingerprint density at radius 2 is 2.24 bits per heavy atom. The Kier molecular flexibility index (Phi) is 4.00. The van der Waals surface area contributed by atoms with E-state index in [2.05, 4.69) is 42.0 Å². The van der Waals surface area contributed by atoms with Crippen LogP contribution in [0.15, 0.2) is 18.3 Å². The highest BCUT2D eigenvalue weighted by atomic mass is 15.3. The number of hydrogen-bond donors (Lipinski definition) is 1. The maximum atomic E-state index is 4.57. The van der Waals surface area contributed by atoms with Crippen molar-refractivity contribution in [2.24, 2.45) is 0 Å². The van der Waals surface area contributed by atoms with Crippen molar-refractivity contribution in [2.75, 3.05) is 18.0 Å². The third-order valence-electron chi connectivity index (χ3n) is 3.72. The maximum absolute atomic E-state index is 4.57. The van der Waals surface area contributed by atoms with Crippen LogP contribution in [0.5, 0.6) is 0 Å². The first-order valence-electron chi connectivity index (χ1n) is 6.67. The van der Waals surface area contributed by atoms with Crippen LogP contribution in [0.2, 0.25) is 0 Å². The van der Waals surface area contributed by atoms with Crippen molar-refractivity contribution in [3.63, 3.8) is 0 Å². The predicted octanol–water partition coefficient (Wildman–Crippen LogP) is 2.36. The second kappa shape index (κ2) is 5.50. The van der Waals surface area contributed by atoms with E-state index in [1.54, 1.807) is 0 Å². The number of nitrogens with zero attached hydrogens (tertiary/aromatic N) is 2. The highest BCUT2D eigenvalue weighted by Crippen LogP contribution is 2.22. The summed E-state index contributed by atoms with van der Waals surface area (Å²) in [5.41, 5.74) is 1.28. The number of nitrogens with one attached hydrogen (secondary N) is 1. The second-order valence-electron chi connectivity index (χ2n) is 4.87. The standard InChI is InChI=1S/C14H23N3/c1-4-12-10-17(13(5-2)9-16-12)14-11(3)7-6-8-15-14/h6-8,12-13,16H,4-5,9-10H2,1-3H3. The summed E-state index contributed by atoms with van der Waals surface area (Å²) in [5.74, 6) is 1.17. The summed E-state index contributed by atoms with van der Waals surface area (Å²) in [7, 11) is 0. The van der Waals surface area contributed by atoms with Gasteiger partial charge in [-0.05, 0) is 31.4 Å². The molecule has 0 saturated carbocycles. The Labute approximate surface area is 104 Å². The average Bonchev–Trinajstić information content (AvgIpc) is 2.38. The molecule has 0 aliphatic carbocycles. The molecule has 1 aliphatic rings. The lowest BCUT2D eigenvalue weighted by atomic mass is 10.0. The molecule has 1 aromatic heterocycles. The molecule has 1 saturated heterocycles. The summed E-state index contributed by atoms with van der Waals surface area (Å²) in [6.07, 6.45) is 4.25. The summed E-state index contributed by atoms with van der Waals surface area (Å²) >= 11 is 0. The quantitative estimate of drug-likeness (QED) is 0.868. The Hall–Kier alpha value is -1.09. The van der Waals surface area contributed by atoms with Crippen molar-refractivity contribution < 1.29 is 0 Å². The second-order valence-corrected chi connectivity index (χ2v) is 4.87. The van der Waals surface area contributed by atoms with Crippen LogP contribution in [0.3, 0.4) is 0 Å². The van der Waals surface area contributed by atoms with Crippen molar-refractivity contribution in [2.45, 2.75) is 45.7 Å². The van der Waals surface area contributed by atoms with Crippen molar-refractivity contribution >= 4 is 5.82 Å². The van der Waals surface area contributed by atoms with Crippen LogP contribution in [-0.4, -0.2) is 30.2 Å². The van der Waals surface area contributed by atoms with E-state index in [0.29, 0.717) is 12.1 Å². The number of piperazine rings is 1. The fourth-order valence-corrected chi connectivity index (χ4v) is 2.54. The molecular formula is C14H23N3. The van der Waals surface area contributed by atoms with E-state index in [0.717, 1.165) is 13.1 Å². The van der Waals surface area contributed by atoms with E-state index in [1.165, 1.54) is 24.2 Å². The largest absolute Gasteiger partial charge is 0.351 e. The molecular weight excluding hydrogens is 210 g/mol. The zero-order valence-electron chi connectivity index (χ0n) is 11.1. The van der Waals surface area contributed by atoms with E-state index in [1.807, 2.05) is 12.3 Å². The lowest BCUT2D eigenvalue weighted by Gasteiger charge is -2.41. The molecule has 0 amide bonds. The van der Waals surface area contributed by atoms with E-state index in [-0.39, 0.29) is 0 Å². The SMILES string of the molecule is CCC1CN(c2ncccc2C)C(CC)CN1. The summed E-state index contributed by atoms with van der Waals surface area (Å²) in [6, 6.07) is 5.34. The number of aryl methyl sites for hydroxylation is 1. The van der Waals surface area contributed by atoms with Crippen molar-refractivity contribution in [1.82, 2.24) is 10.3 Å². The number of hydrogen-bond acceptors (Lipinski definition) is 3. The van der Waals surface area contributed by atoms with Crippen molar-refractivity contribution in [3.8, 4) is 0 Å². The topological polar surface area (TPSA) is 28.2 Å². The average molecular weight is 233 g/mol. The fraction of sp³-hybridized carbons (Fsp3) is 0.643. The van der Waals surface area contributed by atoms with Gasteiger partial charge in [0.05, 0.1) is 0 Å². The monoisotopic (exact) mass is 233 g/mol. The van der Waals surface area contributed by atoms with E-state index in [4.69, 9.17) is 0 Å². The minimum Gasteiger partial charge on any atom is -0.351 e. The Morgan fingerprint density at radius 3 is 2.88 bits per heavy atom. The van der Waals surface area contributed by atoms with E-state index < -0.39 is 0 Å². The first kappa shape index (κ1) is 12.4. The van der Waals surface area contributed by atoms with Gasteiger partial charge in [0, 0.05) is 31.4 Å². The molecule has 2 heterocycles. The molecule has 0 aromatic carbocycles. The third-order valence-corrected chi connectivity index (χ3v) is 3.72. The molecule has 0 radical (unpaired) electrons. The van der Waals surface area contributed by atoms with Gasteiger partial charge in [-0.3, -0.25) is 0 Å². The zero-order valence-corrected chi connectivity index (χ0v) is 11.1. The van der Waals surface area contributed by atoms with Gasteiger partial charge in [0.15, 0.2) is 0 Å². The van der Waals surface area contributed by atoms with Crippen LogP contribution in [-0.2, 0) is 0 Å². The fourth-order valence-electron chi connectivity index (χ4n) is 2.54. The molecule has 2 unspecified atom stereocenters. The Morgan fingerprint density at radius 1 is 1.41 bits per heavy atom. The molecule has 17 heavy (non-hydrogen) atoms. The molecule has 1 aliphatic heterocycles. The molecule has 0 bridgehead atoms. The molecule has 1 aromatic rings. The minimum atomic E-state index is 0.575. The molecule has 1 fully saturated rings. The third kappa shape index (κ3) is 2.60. The summed E-state index contributed by atoms with van der Waals surface area (Å²) < 4.78 is 0. The number of aromatic nitrogens is 1. The molecule has 1 N–H and O–H groups in total. The van der Waals surface area contributed by atoms with Gasteiger partial charge in [-0.2, -0.15) is 0 Å². The Bertz CT molecular complexity index is 364.